The molecule has 1 N–H and O–H groups in total. The average molecular weight is 324 g/mol. The van der Waals surface area contributed by atoms with E-state index in [1.54, 1.807) is 0 Å². The maximum absolute atomic E-state index is 5.85. The molecule has 1 saturated heterocycles. The highest BCUT2D eigenvalue weighted by Crippen LogP contribution is 2.36. The van der Waals surface area contributed by atoms with Crippen molar-refractivity contribution in [3.8, 4) is 0 Å². The summed E-state index contributed by atoms with van der Waals surface area (Å²) in [4.78, 5) is 4.16. The van der Waals surface area contributed by atoms with Crippen LogP contribution in [0.4, 0.5) is 0 Å². The summed E-state index contributed by atoms with van der Waals surface area (Å²) in [5.41, 5.74) is 2.54. The van der Waals surface area contributed by atoms with E-state index in [0.717, 1.165) is 38.9 Å². The summed E-state index contributed by atoms with van der Waals surface area (Å²) in [6, 6.07) is 15.5. The number of aromatic nitrogens is 1. The molecule has 126 valence electrons. The van der Waals surface area contributed by atoms with Crippen molar-refractivity contribution in [3.63, 3.8) is 0 Å². The molecule has 1 aliphatic heterocycles. The van der Waals surface area contributed by atoms with Crippen LogP contribution < -0.4 is 5.32 Å². The third kappa shape index (κ3) is 3.36. The Morgan fingerprint density at radius 1 is 0.917 bits per heavy atom. The van der Waals surface area contributed by atoms with Crippen molar-refractivity contribution < 1.29 is 9.47 Å². The first-order valence-electron chi connectivity index (χ1n) is 8.84. The molecule has 1 aromatic carbocycles. The molecule has 1 aromatic heterocycles. The van der Waals surface area contributed by atoms with Gasteiger partial charge in [0, 0.05) is 31.3 Å². The maximum Gasteiger partial charge on any atom is 0.168 e. The van der Waals surface area contributed by atoms with Crippen LogP contribution >= 0.6 is 0 Å². The molecular formula is C20H24N2O2. The molecule has 24 heavy (non-hydrogen) atoms. The zero-order chi connectivity index (χ0) is 16.2. The van der Waals surface area contributed by atoms with E-state index < -0.39 is 0 Å². The van der Waals surface area contributed by atoms with Gasteiger partial charge in [-0.2, -0.15) is 0 Å². The largest absolute Gasteiger partial charge is 0.348 e. The Labute approximate surface area is 143 Å². The summed E-state index contributed by atoms with van der Waals surface area (Å²) in [5, 5.41) is 3.86. The van der Waals surface area contributed by atoms with Crippen LogP contribution in [0.2, 0.25) is 0 Å². The van der Waals surface area contributed by atoms with Crippen molar-refractivity contribution in [1.82, 2.24) is 10.3 Å². The van der Waals surface area contributed by atoms with Crippen LogP contribution in [-0.4, -0.2) is 30.0 Å². The number of hydrogen-bond donors (Lipinski definition) is 1. The van der Waals surface area contributed by atoms with E-state index >= 15 is 0 Å². The van der Waals surface area contributed by atoms with Crippen molar-refractivity contribution in [1.29, 1.82) is 0 Å². The van der Waals surface area contributed by atoms with Crippen LogP contribution in [0.1, 0.15) is 42.9 Å². The fraction of sp³-hybridized carbons (Fsp3) is 0.450. The van der Waals surface area contributed by atoms with Gasteiger partial charge in [0.05, 0.1) is 19.3 Å². The molecule has 2 fully saturated rings. The van der Waals surface area contributed by atoms with Gasteiger partial charge < -0.3 is 14.8 Å². The van der Waals surface area contributed by atoms with E-state index in [4.69, 9.17) is 9.47 Å². The van der Waals surface area contributed by atoms with Crippen molar-refractivity contribution >= 4 is 0 Å². The predicted octanol–water partition coefficient (Wildman–Crippen LogP) is 3.45. The van der Waals surface area contributed by atoms with Crippen LogP contribution in [0.15, 0.2) is 54.9 Å². The molecule has 4 rings (SSSR count). The van der Waals surface area contributed by atoms with Crippen molar-refractivity contribution in [2.75, 3.05) is 13.2 Å². The molecule has 0 radical (unpaired) electrons. The Bertz CT molecular complexity index is 592. The number of rotatable bonds is 4. The lowest BCUT2D eigenvalue weighted by Crippen LogP contribution is -2.43. The SMILES string of the molecule is c1ccc([C@@H](NC2CCC3(CC2)OCCO3)c2ccncc2)cc1. The fourth-order valence-corrected chi connectivity index (χ4v) is 3.83. The second-order valence-electron chi connectivity index (χ2n) is 6.67. The molecule has 0 amide bonds. The van der Waals surface area contributed by atoms with Crippen molar-refractivity contribution in [3.05, 3.63) is 66.0 Å². The molecule has 1 aliphatic carbocycles. The van der Waals surface area contributed by atoms with Gasteiger partial charge in [-0.05, 0) is 36.1 Å². The van der Waals surface area contributed by atoms with Crippen LogP contribution in [0.5, 0.6) is 0 Å². The highest BCUT2D eigenvalue weighted by molar-refractivity contribution is 5.30. The topological polar surface area (TPSA) is 43.4 Å². The minimum absolute atomic E-state index is 0.193. The predicted molar refractivity (Wildman–Crippen MR) is 92.5 cm³/mol. The molecule has 4 nitrogen and oxygen atoms in total. The van der Waals surface area contributed by atoms with Gasteiger partial charge >= 0.3 is 0 Å². The minimum atomic E-state index is -0.295. The molecule has 0 bridgehead atoms. The van der Waals surface area contributed by atoms with Crippen LogP contribution in [0.25, 0.3) is 0 Å². The van der Waals surface area contributed by atoms with Gasteiger partial charge in [-0.25, -0.2) is 0 Å². The third-order valence-electron chi connectivity index (χ3n) is 5.14. The minimum Gasteiger partial charge on any atom is -0.348 e. The monoisotopic (exact) mass is 324 g/mol. The van der Waals surface area contributed by atoms with Crippen molar-refractivity contribution in [2.45, 2.75) is 43.6 Å². The maximum atomic E-state index is 5.85. The smallest absolute Gasteiger partial charge is 0.168 e. The Hall–Kier alpha value is -1.75. The number of benzene rings is 1. The van der Waals surface area contributed by atoms with Gasteiger partial charge in [0.15, 0.2) is 5.79 Å². The Morgan fingerprint density at radius 2 is 1.54 bits per heavy atom. The number of ether oxygens (including phenoxy) is 2. The van der Waals surface area contributed by atoms with Gasteiger partial charge in [-0.15, -0.1) is 0 Å². The van der Waals surface area contributed by atoms with E-state index in [1.165, 1.54) is 11.1 Å². The number of hydrogen-bond acceptors (Lipinski definition) is 4. The molecule has 4 heteroatoms. The van der Waals surface area contributed by atoms with Crippen LogP contribution in [0, 0.1) is 0 Å². The zero-order valence-corrected chi connectivity index (χ0v) is 13.9. The summed E-state index contributed by atoms with van der Waals surface area (Å²) in [6.45, 7) is 1.48. The normalized spacial score (nSPS) is 21.8. The Balaban J connectivity index is 1.49. The first-order valence-corrected chi connectivity index (χ1v) is 8.84. The van der Waals surface area contributed by atoms with E-state index in [9.17, 15) is 0 Å². The first kappa shape index (κ1) is 15.8. The summed E-state index contributed by atoms with van der Waals surface area (Å²) in [5.74, 6) is -0.295. The van der Waals surface area contributed by atoms with Gasteiger partial charge in [-0.1, -0.05) is 30.3 Å². The summed E-state index contributed by atoms with van der Waals surface area (Å²) in [7, 11) is 0. The van der Waals surface area contributed by atoms with Crippen LogP contribution in [0.3, 0.4) is 0 Å². The summed E-state index contributed by atoms with van der Waals surface area (Å²) >= 11 is 0. The summed E-state index contributed by atoms with van der Waals surface area (Å²) < 4.78 is 11.7. The number of pyridine rings is 1. The van der Waals surface area contributed by atoms with Gasteiger partial charge in [0.2, 0.25) is 0 Å². The second kappa shape index (κ2) is 7.01. The molecule has 2 aromatic rings. The van der Waals surface area contributed by atoms with E-state index in [1.807, 2.05) is 12.4 Å². The van der Waals surface area contributed by atoms with Gasteiger partial charge in [-0.3, -0.25) is 4.98 Å². The number of nitrogens with zero attached hydrogens (tertiary/aromatic N) is 1. The number of nitrogens with one attached hydrogen (secondary N) is 1. The fourth-order valence-electron chi connectivity index (χ4n) is 3.83. The van der Waals surface area contributed by atoms with E-state index in [-0.39, 0.29) is 11.8 Å². The molecule has 2 aliphatic rings. The first-order chi connectivity index (χ1) is 11.8. The molecule has 1 spiro atoms. The highest BCUT2D eigenvalue weighted by atomic mass is 16.7. The highest BCUT2D eigenvalue weighted by Gasteiger charge is 2.40. The van der Waals surface area contributed by atoms with Crippen molar-refractivity contribution in [2.24, 2.45) is 0 Å². The zero-order valence-electron chi connectivity index (χ0n) is 13.9. The third-order valence-corrected chi connectivity index (χ3v) is 5.14. The second-order valence-corrected chi connectivity index (χ2v) is 6.67. The lowest BCUT2D eigenvalue weighted by molar-refractivity contribution is -0.179. The van der Waals surface area contributed by atoms with E-state index in [2.05, 4.69) is 52.8 Å². The molecule has 2 heterocycles. The summed E-state index contributed by atoms with van der Waals surface area (Å²) in [6.07, 6.45) is 7.83. The quantitative estimate of drug-likeness (QED) is 0.935. The van der Waals surface area contributed by atoms with Crippen LogP contribution in [-0.2, 0) is 9.47 Å². The molecule has 0 unspecified atom stereocenters. The Morgan fingerprint density at radius 3 is 2.21 bits per heavy atom. The van der Waals surface area contributed by atoms with E-state index in [0.29, 0.717) is 6.04 Å². The molecule has 1 atom stereocenters. The molecule has 1 saturated carbocycles. The standard InChI is InChI=1S/C20H24N2O2/c1-2-4-16(5-3-1)19(17-8-12-21-13-9-17)22-18-6-10-20(11-7-18)23-14-15-24-20/h1-5,8-9,12-13,18-19,22H,6-7,10-11,14-15H2/t19-/m1/s1. The lowest BCUT2D eigenvalue weighted by Gasteiger charge is -2.37. The van der Waals surface area contributed by atoms with Gasteiger partial charge in [0.1, 0.15) is 0 Å². The Kier molecular flexibility index (Phi) is 4.60. The van der Waals surface area contributed by atoms with Gasteiger partial charge in [0.25, 0.3) is 0 Å². The lowest BCUT2D eigenvalue weighted by atomic mass is 9.88. The average Bonchev–Trinajstić information content (AvgIpc) is 3.11. The molecular weight excluding hydrogens is 300 g/mol.